The number of anilines is 1. The van der Waals surface area contributed by atoms with Crippen LogP contribution in [0.4, 0.5) is 14.5 Å². The number of hydrogen-bond donors (Lipinski definition) is 2. The molecule has 1 aliphatic heterocycles. The lowest BCUT2D eigenvalue weighted by Gasteiger charge is -2.41. The van der Waals surface area contributed by atoms with E-state index in [0.717, 1.165) is 12.5 Å². The van der Waals surface area contributed by atoms with Gasteiger partial charge in [0.1, 0.15) is 11.6 Å². The minimum absolute atomic E-state index is 0.0163. The van der Waals surface area contributed by atoms with Crippen molar-refractivity contribution in [3.63, 3.8) is 0 Å². The van der Waals surface area contributed by atoms with Crippen LogP contribution < -0.4 is 4.72 Å². The van der Waals surface area contributed by atoms with E-state index >= 15 is 0 Å². The molecule has 1 saturated heterocycles. The lowest BCUT2D eigenvalue weighted by Crippen LogP contribution is -2.54. The van der Waals surface area contributed by atoms with Gasteiger partial charge in [-0.15, -0.1) is 0 Å². The van der Waals surface area contributed by atoms with Gasteiger partial charge in [0.05, 0.1) is 0 Å². The monoisotopic (exact) mass is 423 g/mol. The van der Waals surface area contributed by atoms with Gasteiger partial charge < -0.3 is 4.90 Å². The third-order valence-corrected chi connectivity index (χ3v) is 5.37. The van der Waals surface area contributed by atoms with Gasteiger partial charge in [-0.2, -0.15) is 0 Å². The van der Waals surface area contributed by atoms with Crippen molar-refractivity contribution < 1.29 is 22.3 Å². The summed E-state index contributed by atoms with van der Waals surface area (Å²) in [6.45, 7) is 4.15. The highest BCUT2D eigenvalue weighted by Gasteiger charge is 2.30. The fraction of sp³-hybridized carbons (Fsp3) is 0.350. The zero-order valence-corrected chi connectivity index (χ0v) is 16.8. The smallest absolute Gasteiger partial charge is 0.259 e. The normalized spacial score (nSPS) is 18.5. The fourth-order valence-electron chi connectivity index (χ4n) is 3.59. The lowest BCUT2D eigenvalue weighted by atomic mass is 10.1. The van der Waals surface area contributed by atoms with Crippen molar-refractivity contribution in [3.8, 4) is 0 Å². The summed E-state index contributed by atoms with van der Waals surface area (Å²) in [7, 11) is 0. The fourth-order valence-corrected chi connectivity index (χ4v) is 3.93. The first kappa shape index (κ1) is 21.4. The Bertz CT molecular complexity index is 875. The number of halogens is 2. The summed E-state index contributed by atoms with van der Waals surface area (Å²) in [5, 5.41) is 0. The first-order chi connectivity index (χ1) is 13.9. The molecule has 156 valence electrons. The Morgan fingerprint density at radius 1 is 1.17 bits per heavy atom. The highest BCUT2D eigenvalue weighted by atomic mass is 32.2. The van der Waals surface area contributed by atoms with Crippen LogP contribution in [0.25, 0.3) is 0 Å². The second-order valence-corrected chi connectivity index (χ2v) is 7.70. The highest BCUT2D eigenvalue weighted by Crippen LogP contribution is 2.20. The van der Waals surface area contributed by atoms with Crippen LogP contribution in [-0.2, 0) is 17.8 Å². The number of benzene rings is 2. The third-order valence-electron chi connectivity index (χ3n) is 4.96. The molecule has 0 bridgehead atoms. The Morgan fingerprint density at radius 3 is 2.41 bits per heavy atom. The second-order valence-electron chi connectivity index (χ2n) is 7.00. The van der Waals surface area contributed by atoms with Crippen molar-refractivity contribution in [2.45, 2.75) is 25.9 Å². The molecule has 1 amide bonds. The molecule has 0 aliphatic carbocycles. The number of carbonyl (C=O) groups excluding carboxylic acids is 1. The summed E-state index contributed by atoms with van der Waals surface area (Å²) in [4.78, 5) is 16.8. The largest absolute Gasteiger partial charge is 0.333 e. The van der Waals surface area contributed by atoms with Crippen molar-refractivity contribution in [1.82, 2.24) is 9.80 Å². The molecule has 9 heteroatoms. The molecule has 0 saturated carbocycles. The van der Waals surface area contributed by atoms with E-state index in [4.69, 9.17) is 4.55 Å². The van der Waals surface area contributed by atoms with Crippen molar-refractivity contribution in [2.75, 3.05) is 24.4 Å². The maximum Gasteiger partial charge on any atom is 0.259 e. The SMILES string of the molecule is CC[C@H]1CN(Cc2cc(F)cc(F)c2)CCN1C(=O)c1ccc(NS(=O)O)cc1. The Hall–Kier alpha value is -2.36. The van der Waals surface area contributed by atoms with E-state index in [9.17, 15) is 17.8 Å². The summed E-state index contributed by atoms with van der Waals surface area (Å²) in [5.74, 6) is -1.29. The van der Waals surface area contributed by atoms with E-state index in [-0.39, 0.29) is 11.9 Å². The van der Waals surface area contributed by atoms with Gasteiger partial charge in [-0.3, -0.25) is 19.0 Å². The Balaban J connectivity index is 1.65. The van der Waals surface area contributed by atoms with E-state index < -0.39 is 22.9 Å². The van der Waals surface area contributed by atoms with Crippen LogP contribution in [0, 0.1) is 11.6 Å². The van der Waals surface area contributed by atoms with E-state index in [1.165, 1.54) is 12.1 Å². The number of hydrogen-bond acceptors (Lipinski definition) is 3. The van der Waals surface area contributed by atoms with Crippen LogP contribution in [0.1, 0.15) is 29.3 Å². The molecule has 0 spiro atoms. The molecule has 2 aromatic rings. The molecule has 29 heavy (non-hydrogen) atoms. The zero-order valence-electron chi connectivity index (χ0n) is 16.0. The van der Waals surface area contributed by atoms with Crippen LogP contribution in [0.15, 0.2) is 42.5 Å². The molecule has 0 radical (unpaired) electrons. The van der Waals surface area contributed by atoms with Crippen LogP contribution in [0.3, 0.4) is 0 Å². The Kier molecular flexibility index (Phi) is 6.94. The summed E-state index contributed by atoms with van der Waals surface area (Å²) in [5.41, 5.74) is 1.52. The van der Waals surface area contributed by atoms with Crippen molar-refractivity contribution in [1.29, 1.82) is 0 Å². The molecular formula is C20H23F2N3O3S. The van der Waals surface area contributed by atoms with Gasteiger partial charge in [0.25, 0.3) is 17.2 Å². The van der Waals surface area contributed by atoms with E-state index in [1.54, 1.807) is 24.3 Å². The van der Waals surface area contributed by atoms with Gasteiger partial charge in [0.15, 0.2) is 0 Å². The van der Waals surface area contributed by atoms with Crippen LogP contribution in [0.5, 0.6) is 0 Å². The van der Waals surface area contributed by atoms with Gasteiger partial charge >= 0.3 is 0 Å². The van der Waals surface area contributed by atoms with Crippen molar-refractivity contribution in [2.24, 2.45) is 0 Å². The maximum atomic E-state index is 13.4. The molecule has 2 atom stereocenters. The number of piperazine rings is 1. The van der Waals surface area contributed by atoms with Crippen molar-refractivity contribution >= 4 is 22.9 Å². The average molecular weight is 423 g/mol. The number of carbonyl (C=O) groups is 1. The molecule has 1 aliphatic rings. The van der Waals surface area contributed by atoms with Gasteiger partial charge in [-0.1, -0.05) is 6.92 Å². The highest BCUT2D eigenvalue weighted by molar-refractivity contribution is 7.80. The molecule has 1 fully saturated rings. The summed E-state index contributed by atoms with van der Waals surface area (Å²) < 4.78 is 48.9. The minimum Gasteiger partial charge on any atom is -0.333 e. The van der Waals surface area contributed by atoms with Gasteiger partial charge in [0, 0.05) is 49.5 Å². The first-order valence-corrected chi connectivity index (χ1v) is 10.4. The molecule has 2 aromatic carbocycles. The molecule has 1 heterocycles. The quantitative estimate of drug-likeness (QED) is 0.700. The number of amides is 1. The average Bonchev–Trinajstić information content (AvgIpc) is 2.66. The topological polar surface area (TPSA) is 72.9 Å². The standard InChI is InChI=1S/C20H23F2N3O3S/c1-2-19-13-24(12-14-9-16(21)11-17(22)10-14)7-8-25(19)20(26)15-3-5-18(6-4-15)23-29(27)28/h3-6,9-11,19,23H,2,7-8,12-13H2,1H3,(H,27,28)/t19-/m0/s1. The number of nitrogens with zero attached hydrogens (tertiary/aromatic N) is 2. The summed E-state index contributed by atoms with van der Waals surface area (Å²) in [6, 6.07) is 9.89. The summed E-state index contributed by atoms with van der Waals surface area (Å²) >= 11 is -2.17. The van der Waals surface area contributed by atoms with Crippen LogP contribution in [-0.4, -0.2) is 50.1 Å². The zero-order chi connectivity index (χ0) is 21.0. The molecule has 3 rings (SSSR count). The van der Waals surface area contributed by atoms with Crippen molar-refractivity contribution in [3.05, 3.63) is 65.2 Å². The van der Waals surface area contributed by atoms with E-state index in [2.05, 4.69) is 9.62 Å². The molecule has 2 N–H and O–H groups in total. The summed E-state index contributed by atoms with van der Waals surface area (Å²) in [6.07, 6.45) is 0.753. The lowest BCUT2D eigenvalue weighted by molar-refractivity contribution is 0.0430. The Morgan fingerprint density at radius 2 is 1.83 bits per heavy atom. The molecular weight excluding hydrogens is 400 g/mol. The van der Waals surface area contributed by atoms with Crippen LogP contribution in [0.2, 0.25) is 0 Å². The maximum absolute atomic E-state index is 13.4. The number of nitrogens with one attached hydrogen (secondary N) is 1. The van der Waals surface area contributed by atoms with Gasteiger partial charge in [-0.05, 0) is 48.4 Å². The van der Waals surface area contributed by atoms with E-state index in [1.807, 2.05) is 11.8 Å². The molecule has 0 aromatic heterocycles. The minimum atomic E-state index is -2.17. The third kappa shape index (κ3) is 5.59. The van der Waals surface area contributed by atoms with Gasteiger partial charge in [0.2, 0.25) is 0 Å². The van der Waals surface area contributed by atoms with Crippen LogP contribution >= 0.6 is 0 Å². The molecule has 6 nitrogen and oxygen atoms in total. The second kappa shape index (κ2) is 9.43. The Labute approximate surface area is 170 Å². The predicted octanol–water partition coefficient (Wildman–Crippen LogP) is 3.25. The first-order valence-electron chi connectivity index (χ1n) is 9.31. The molecule has 1 unspecified atom stereocenters. The number of rotatable bonds is 6. The van der Waals surface area contributed by atoms with Gasteiger partial charge in [-0.25, -0.2) is 13.0 Å². The predicted molar refractivity (Wildman–Crippen MR) is 108 cm³/mol. The van der Waals surface area contributed by atoms with E-state index in [0.29, 0.717) is 43.0 Å².